The van der Waals surface area contributed by atoms with Crippen LogP contribution < -0.4 is 5.32 Å². The molecule has 5 nitrogen and oxygen atoms in total. The number of nitro groups is 1. The van der Waals surface area contributed by atoms with Gasteiger partial charge in [-0.15, -0.1) is 11.3 Å². The normalized spacial score (nSPS) is 12.5. The minimum atomic E-state index is -0.355. The third kappa shape index (κ3) is 3.34. The van der Waals surface area contributed by atoms with Gasteiger partial charge in [-0.25, -0.2) is 4.98 Å². The third-order valence-electron chi connectivity index (χ3n) is 2.45. The molecule has 0 saturated heterocycles. The van der Waals surface area contributed by atoms with E-state index < -0.39 is 0 Å². The minimum absolute atomic E-state index is 0.194. The van der Waals surface area contributed by atoms with E-state index in [9.17, 15) is 10.1 Å². The maximum atomic E-state index is 10.5. The molecule has 0 aliphatic heterocycles. The van der Waals surface area contributed by atoms with Gasteiger partial charge in [0.05, 0.1) is 9.93 Å². The van der Waals surface area contributed by atoms with E-state index in [2.05, 4.69) is 17.2 Å². The number of hydrogen-bond acceptors (Lipinski definition) is 6. The highest BCUT2D eigenvalue weighted by molar-refractivity contribution is 7.15. The Morgan fingerprint density at radius 3 is 3.00 bits per heavy atom. The zero-order valence-corrected chi connectivity index (χ0v) is 11.5. The summed E-state index contributed by atoms with van der Waals surface area (Å²) in [4.78, 5) is 15.4. The van der Waals surface area contributed by atoms with Gasteiger partial charge in [0.1, 0.15) is 0 Å². The van der Waals surface area contributed by atoms with Crippen LogP contribution >= 0.6 is 22.7 Å². The molecule has 0 bridgehead atoms. The molecule has 2 aromatic heterocycles. The van der Waals surface area contributed by atoms with Gasteiger partial charge in [-0.1, -0.05) is 18.3 Å². The van der Waals surface area contributed by atoms with Gasteiger partial charge in [-0.2, -0.15) is 0 Å². The standard InChI is InChI=1S/C11H13N3O2S2/c1-8(11-13-4-5-17-11)6-12-7-9-2-3-10(18-9)14(15)16/h2-5,8,12H,6-7H2,1H3. The average Bonchev–Trinajstić information content (AvgIpc) is 3.00. The highest BCUT2D eigenvalue weighted by Gasteiger charge is 2.11. The number of nitrogens with zero attached hydrogens (tertiary/aromatic N) is 2. The molecule has 0 aromatic carbocycles. The zero-order valence-electron chi connectivity index (χ0n) is 9.83. The van der Waals surface area contributed by atoms with Crippen molar-refractivity contribution < 1.29 is 4.92 Å². The van der Waals surface area contributed by atoms with Crippen molar-refractivity contribution in [1.82, 2.24) is 10.3 Å². The molecule has 2 aromatic rings. The maximum absolute atomic E-state index is 10.5. The first kappa shape index (κ1) is 13.1. The summed E-state index contributed by atoms with van der Waals surface area (Å²) in [6.45, 7) is 3.59. The number of hydrogen-bond donors (Lipinski definition) is 1. The molecule has 0 aliphatic rings. The van der Waals surface area contributed by atoms with Crippen LogP contribution in [0, 0.1) is 10.1 Å². The van der Waals surface area contributed by atoms with Crippen LogP contribution in [0.4, 0.5) is 5.00 Å². The Labute approximate surface area is 113 Å². The van der Waals surface area contributed by atoms with E-state index >= 15 is 0 Å². The third-order valence-corrected chi connectivity index (χ3v) is 4.49. The van der Waals surface area contributed by atoms with E-state index in [4.69, 9.17) is 0 Å². The number of thiazole rings is 1. The molecule has 0 radical (unpaired) electrons. The maximum Gasteiger partial charge on any atom is 0.324 e. The lowest BCUT2D eigenvalue weighted by Crippen LogP contribution is -2.18. The van der Waals surface area contributed by atoms with Gasteiger partial charge in [-0.3, -0.25) is 10.1 Å². The van der Waals surface area contributed by atoms with Crippen LogP contribution in [0.3, 0.4) is 0 Å². The first-order valence-corrected chi connectivity index (χ1v) is 7.19. The fraction of sp³-hybridized carbons (Fsp3) is 0.364. The number of aromatic nitrogens is 1. The second-order valence-corrected chi connectivity index (χ2v) is 5.97. The summed E-state index contributed by atoms with van der Waals surface area (Å²) in [5.74, 6) is 0.361. The van der Waals surface area contributed by atoms with Crippen LogP contribution in [0.15, 0.2) is 23.7 Å². The quantitative estimate of drug-likeness (QED) is 0.653. The summed E-state index contributed by atoms with van der Waals surface area (Å²) >= 11 is 2.86. The van der Waals surface area contributed by atoms with Crippen LogP contribution in [0.2, 0.25) is 0 Å². The predicted octanol–water partition coefficient (Wildman–Crippen LogP) is 3.01. The molecule has 2 rings (SSSR count). The molecule has 0 amide bonds. The van der Waals surface area contributed by atoms with Crippen molar-refractivity contribution in [2.45, 2.75) is 19.4 Å². The first-order valence-electron chi connectivity index (χ1n) is 5.50. The van der Waals surface area contributed by atoms with Gasteiger partial charge in [0.2, 0.25) is 0 Å². The van der Waals surface area contributed by atoms with Crippen molar-refractivity contribution in [3.05, 3.63) is 43.7 Å². The Morgan fingerprint density at radius 1 is 1.56 bits per heavy atom. The molecule has 96 valence electrons. The lowest BCUT2D eigenvalue weighted by atomic mass is 10.2. The van der Waals surface area contributed by atoms with E-state index in [1.165, 1.54) is 11.3 Å². The monoisotopic (exact) mass is 283 g/mol. The van der Waals surface area contributed by atoms with Gasteiger partial charge in [-0.05, 0) is 6.07 Å². The molecule has 1 atom stereocenters. The average molecular weight is 283 g/mol. The topological polar surface area (TPSA) is 68.1 Å². The summed E-state index contributed by atoms with van der Waals surface area (Å²) in [6, 6.07) is 3.34. The second-order valence-electron chi connectivity index (χ2n) is 3.90. The predicted molar refractivity (Wildman–Crippen MR) is 73.2 cm³/mol. The summed E-state index contributed by atoms with van der Waals surface area (Å²) in [7, 11) is 0. The smallest absolute Gasteiger partial charge is 0.311 e. The van der Waals surface area contributed by atoms with Crippen LogP contribution in [-0.4, -0.2) is 16.5 Å². The molecule has 0 aliphatic carbocycles. The fourth-order valence-corrected chi connectivity index (χ4v) is 3.02. The first-order chi connectivity index (χ1) is 8.66. The lowest BCUT2D eigenvalue weighted by molar-refractivity contribution is -0.380. The largest absolute Gasteiger partial charge is 0.324 e. The molecular weight excluding hydrogens is 270 g/mol. The van der Waals surface area contributed by atoms with Crippen molar-refractivity contribution in [3.63, 3.8) is 0 Å². The van der Waals surface area contributed by atoms with Gasteiger partial charge >= 0.3 is 5.00 Å². The van der Waals surface area contributed by atoms with Crippen molar-refractivity contribution in [1.29, 1.82) is 0 Å². The Bertz CT molecular complexity index is 510. The fourth-order valence-electron chi connectivity index (χ4n) is 1.54. The van der Waals surface area contributed by atoms with Crippen LogP contribution in [-0.2, 0) is 6.54 Å². The van der Waals surface area contributed by atoms with Crippen molar-refractivity contribution in [3.8, 4) is 0 Å². The van der Waals surface area contributed by atoms with Crippen molar-refractivity contribution in [2.75, 3.05) is 6.54 Å². The molecule has 2 heterocycles. The van der Waals surface area contributed by atoms with Gasteiger partial charge < -0.3 is 5.32 Å². The Hall–Kier alpha value is -1.31. The molecule has 1 N–H and O–H groups in total. The summed E-state index contributed by atoms with van der Waals surface area (Å²) in [5.41, 5.74) is 0. The molecule has 0 spiro atoms. The lowest BCUT2D eigenvalue weighted by Gasteiger charge is -2.08. The second kappa shape index (κ2) is 6.03. The summed E-state index contributed by atoms with van der Waals surface area (Å²) < 4.78 is 0. The zero-order chi connectivity index (χ0) is 13.0. The number of thiophene rings is 1. The van der Waals surface area contributed by atoms with E-state index in [1.807, 2.05) is 5.38 Å². The van der Waals surface area contributed by atoms with Gasteiger partial charge in [0.15, 0.2) is 0 Å². The molecule has 0 saturated carbocycles. The number of nitrogens with one attached hydrogen (secondary N) is 1. The molecular formula is C11H13N3O2S2. The Kier molecular flexibility index (Phi) is 4.40. The number of rotatable bonds is 6. The SMILES string of the molecule is CC(CNCc1ccc([N+](=O)[O-])s1)c1nccs1. The van der Waals surface area contributed by atoms with Crippen molar-refractivity contribution >= 4 is 27.7 Å². The van der Waals surface area contributed by atoms with E-state index in [0.29, 0.717) is 12.5 Å². The van der Waals surface area contributed by atoms with Crippen LogP contribution in [0.5, 0.6) is 0 Å². The highest BCUT2D eigenvalue weighted by Crippen LogP contribution is 2.24. The molecule has 18 heavy (non-hydrogen) atoms. The highest BCUT2D eigenvalue weighted by atomic mass is 32.1. The summed E-state index contributed by atoms with van der Waals surface area (Å²) in [5, 5.41) is 17.1. The van der Waals surface area contributed by atoms with Gasteiger partial charge in [0, 0.05) is 41.5 Å². The summed E-state index contributed by atoms with van der Waals surface area (Å²) in [6.07, 6.45) is 1.80. The molecule has 7 heteroatoms. The van der Waals surface area contributed by atoms with Gasteiger partial charge in [0.25, 0.3) is 0 Å². The van der Waals surface area contributed by atoms with E-state index in [-0.39, 0.29) is 9.92 Å². The Balaban J connectivity index is 1.79. The van der Waals surface area contributed by atoms with Crippen molar-refractivity contribution in [2.24, 2.45) is 0 Å². The van der Waals surface area contributed by atoms with E-state index in [1.54, 1.807) is 29.7 Å². The Morgan fingerprint density at radius 2 is 2.39 bits per heavy atom. The van der Waals surface area contributed by atoms with E-state index in [0.717, 1.165) is 16.4 Å². The van der Waals surface area contributed by atoms with Crippen LogP contribution in [0.25, 0.3) is 0 Å². The molecule has 1 unspecified atom stereocenters. The minimum Gasteiger partial charge on any atom is -0.311 e. The van der Waals surface area contributed by atoms with Crippen LogP contribution in [0.1, 0.15) is 22.7 Å². The molecule has 0 fully saturated rings.